The van der Waals surface area contributed by atoms with Crippen molar-refractivity contribution < 1.29 is 33.4 Å². The summed E-state index contributed by atoms with van der Waals surface area (Å²) in [6, 6.07) is 19.2. The summed E-state index contributed by atoms with van der Waals surface area (Å²) in [6.45, 7) is 2.61. The third-order valence-corrected chi connectivity index (χ3v) is 6.75. The molecule has 2 heterocycles. The predicted octanol–water partition coefficient (Wildman–Crippen LogP) is 4.55. The van der Waals surface area contributed by atoms with Gasteiger partial charge in [-0.05, 0) is 55.0 Å². The van der Waals surface area contributed by atoms with Crippen LogP contribution in [0.2, 0.25) is 0 Å². The van der Waals surface area contributed by atoms with Crippen molar-refractivity contribution >= 4 is 23.2 Å². The van der Waals surface area contributed by atoms with E-state index in [4.69, 9.17) is 23.8 Å². The molecule has 2 aliphatic heterocycles. The maximum atomic E-state index is 14.0. The van der Waals surface area contributed by atoms with Crippen LogP contribution in [0.15, 0.2) is 66.7 Å². The molecule has 2 fully saturated rings. The highest BCUT2D eigenvalue weighted by molar-refractivity contribution is 6.24. The number of nitrogens with zero attached hydrogens (tertiary/aromatic N) is 2. The zero-order valence-electron chi connectivity index (χ0n) is 21.7. The number of carbonyl (C=O) groups excluding carboxylic acids is 2. The number of imide groups is 1. The average molecular weight is 519 g/mol. The Hall–Kier alpha value is -4.24. The topological polar surface area (TPSA) is 86.8 Å². The third-order valence-electron chi connectivity index (χ3n) is 6.75. The van der Waals surface area contributed by atoms with Crippen LogP contribution < -0.4 is 28.9 Å². The molecule has 0 aliphatic carbocycles. The van der Waals surface area contributed by atoms with Gasteiger partial charge in [0.15, 0.2) is 17.6 Å². The summed E-state index contributed by atoms with van der Waals surface area (Å²) in [5.74, 6) is 0.335. The summed E-state index contributed by atoms with van der Waals surface area (Å²) in [4.78, 5) is 35.0. The van der Waals surface area contributed by atoms with Crippen molar-refractivity contribution in [3.63, 3.8) is 0 Å². The van der Waals surface area contributed by atoms with Crippen LogP contribution in [0.4, 0.5) is 11.4 Å². The van der Waals surface area contributed by atoms with Crippen LogP contribution in [0.1, 0.15) is 24.9 Å². The number of hydrogen-bond acceptors (Lipinski definition) is 8. The van der Waals surface area contributed by atoms with Crippen LogP contribution in [0.3, 0.4) is 0 Å². The van der Waals surface area contributed by atoms with Gasteiger partial charge in [0, 0.05) is 5.56 Å². The highest BCUT2D eigenvalue weighted by Gasteiger charge is 2.61. The quantitative estimate of drug-likeness (QED) is 0.382. The number of hydrogen-bond donors (Lipinski definition) is 0. The van der Waals surface area contributed by atoms with Crippen LogP contribution in [0.25, 0.3) is 0 Å². The van der Waals surface area contributed by atoms with E-state index in [-0.39, 0.29) is 5.91 Å². The molecular weight excluding hydrogens is 488 g/mol. The largest absolute Gasteiger partial charge is 0.494 e. The number of rotatable bonds is 9. The number of hydroxylamine groups is 1. The van der Waals surface area contributed by atoms with E-state index in [1.807, 2.05) is 43.3 Å². The number of benzene rings is 3. The summed E-state index contributed by atoms with van der Waals surface area (Å²) in [6.07, 6.45) is -0.133. The Morgan fingerprint density at radius 3 is 2.13 bits per heavy atom. The van der Waals surface area contributed by atoms with Gasteiger partial charge in [-0.1, -0.05) is 25.1 Å². The fourth-order valence-electron chi connectivity index (χ4n) is 5.05. The van der Waals surface area contributed by atoms with Crippen LogP contribution in [0.5, 0.6) is 23.0 Å². The van der Waals surface area contributed by atoms with Crippen molar-refractivity contribution in [2.24, 2.45) is 5.92 Å². The number of fused-ring (bicyclic) bond motifs is 1. The van der Waals surface area contributed by atoms with E-state index in [0.717, 1.165) is 6.42 Å². The number of ether oxygens (including phenoxy) is 4. The Morgan fingerprint density at radius 2 is 1.50 bits per heavy atom. The molecule has 2 amide bonds. The van der Waals surface area contributed by atoms with Crippen molar-refractivity contribution in [1.82, 2.24) is 0 Å². The number of carbonyl (C=O) groups is 2. The lowest BCUT2D eigenvalue weighted by Gasteiger charge is -2.30. The first-order chi connectivity index (χ1) is 18.5. The predicted molar refractivity (Wildman–Crippen MR) is 141 cm³/mol. The highest BCUT2D eigenvalue weighted by atomic mass is 16.7. The molecule has 0 N–H and O–H groups in total. The lowest BCUT2D eigenvalue weighted by atomic mass is 9.89. The lowest BCUT2D eigenvalue weighted by molar-refractivity contribution is -0.126. The van der Waals surface area contributed by atoms with Crippen LogP contribution >= 0.6 is 0 Å². The molecule has 5 rings (SSSR count). The smallest absolute Gasteiger partial charge is 0.266 e. The molecule has 2 aliphatic rings. The standard InChI is InChI=1S/C29H30N2O7/c1-5-17-37-20-13-11-18(12-14-20)30-28(32)23-24(21-15-16-22(34-2)26(36-4)25(21)35-3)31(38-27(23)29(30)33)19-9-7-6-8-10-19/h6-16,23-24,27H,5,17H2,1-4H3. The molecular formula is C29H30N2O7. The van der Waals surface area contributed by atoms with Gasteiger partial charge in [-0.3, -0.25) is 14.4 Å². The molecule has 38 heavy (non-hydrogen) atoms. The van der Waals surface area contributed by atoms with Gasteiger partial charge in [-0.25, -0.2) is 9.96 Å². The second-order valence-electron chi connectivity index (χ2n) is 8.94. The Morgan fingerprint density at radius 1 is 0.789 bits per heavy atom. The van der Waals surface area contributed by atoms with E-state index in [1.165, 1.54) is 26.2 Å². The lowest BCUT2D eigenvalue weighted by Crippen LogP contribution is -2.37. The molecule has 0 radical (unpaired) electrons. The van der Waals surface area contributed by atoms with Crippen molar-refractivity contribution in [3.05, 3.63) is 72.3 Å². The molecule has 0 saturated carbocycles. The highest BCUT2D eigenvalue weighted by Crippen LogP contribution is 2.52. The molecule has 3 unspecified atom stereocenters. The van der Waals surface area contributed by atoms with E-state index < -0.39 is 24.0 Å². The number of methoxy groups -OCH3 is 3. The average Bonchev–Trinajstić information content (AvgIpc) is 3.47. The fraction of sp³-hybridized carbons (Fsp3) is 0.310. The van der Waals surface area contributed by atoms with Gasteiger partial charge in [-0.15, -0.1) is 0 Å². The maximum Gasteiger partial charge on any atom is 0.266 e. The Labute approximate surface area is 221 Å². The summed E-state index contributed by atoms with van der Waals surface area (Å²) in [7, 11) is 4.58. The zero-order valence-corrected chi connectivity index (χ0v) is 21.7. The summed E-state index contributed by atoms with van der Waals surface area (Å²) in [5.41, 5.74) is 1.80. The first kappa shape index (κ1) is 25.4. The van der Waals surface area contributed by atoms with Gasteiger partial charge in [0.1, 0.15) is 17.7 Å². The van der Waals surface area contributed by atoms with E-state index in [0.29, 0.717) is 46.5 Å². The molecule has 0 bridgehead atoms. The van der Waals surface area contributed by atoms with Gasteiger partial charge < -0.3 is 18.9 Å². The van der Waals surface area contributed by atoms with Crippen molar-refractivity contribution in [2.45, 2.75) is 25.5 Å². The van der Waals surface area contributed by atoms with Gasteiger partial charge in [0.05, 0.1) is 39.3 Å². The minimum atomic E-state index is -1.01. The second-order valence-corrected chi connectivity index (χ2v) is 8.94. The van der Waals surface area contributed by atoms with Gasteiger partial charge in [0.2, 0.25) is 11.7 Å². The summed E-state index contributed by atoms with van der Waals surface area (Å²) >= 11 is 0. The van der Waals surface area contributed by atoms with Crippen LogP contribution in [-0.4, -0.2) is 45.9 Å². The minimum Gasteiger partial charge on any atom is -0.494 e. The van der Waals surface area contributed by atoms with Crippen molar-refractivity contribution in [1.29, 1.82) is 0 Å². The first-order valence-corrected chi connectivity index (χ1v) is 12.4. The van der Waals surface area contributed by atoms with E-state index in [9.17, 15) is 9.59 Å². The normalized spacial score (nSPS) is 20.5. The van der Waals surface area contributed by atoms with E-state index in [1.54, 1.807) is 35.4 Å². The molecule has 3 aromatic carbocycles. The van der Waals surface area contributed by atoms with Crippen molar-refractivity contribution in [2.75, 3.05) is 37.9 Å². The zero-order chi connectivity index (χ0) is 26.8. The molecule has 9 heteroatoms. The Balaban J connectivity index is 1.58. The first-order valence-electron chi connectivity index (χ1n) is 12.4. The number of para-hydroxylation sites is 1. The summed E-state index contributed by atoms with van der Waals surface area (Å²) in [5, 5.41) is 1.62. The van der Waals surface area contributed by atoms with Crippen molar-refractivity contribution in [3.8, 4) is 23.0 Å². The monoisotopic (exact) mass is 518 g/mol. The second kappa shape index (κ2) is 10.6. The van der Waals surface area contributed by atoms with E-state index in [2.05, 4.69) is 0 Å². The van der Waals surface area contributed by atoms with Crippen LogP contribution in [0, 0.1) is 5.92 Å². The number of anilines is 2. The van der Waals surface area contributed by atoms with Gasteiger partial charge in [-0.2, -0.15) is 0 Å². The third kappa shape index (κ3) is 4.18. The summed E-state index contributed by atoms with van der Waals surface area (Å²) < 4.78 is 22.5. The fourth-order valence-corrected chi connectivity index (χ4v) is 5.05. The molecule has 3 aromatic rings. The molecule has 0 spiro atoms. The molecule has 3 atom stereocenters. The Kier molecular flexibility index (Phi) is 7.11. The minimum absolute atomic E-state index is 0.359. The SMILES string of the molecule is CCCOc1ccc(N2C(=O)C3ON(c4ccccc4)C(c4ccc(OC)c(OC)c4OC)C3C2=O)cc1. The maximum absolute atomic E-state index is 14.0. The number of amides is 2. The Bertz CT molecular complexity index is 1310. The van der Waals surface area contributed by atoms with Gasteiger partial charge in [0.25, 0.3) is 5.91 Å². The molecule has 2 saturated heterocycles. The molecule has 9 nitrogen and oxygen atoms in total. The van der Waals surface area contributed by atoms with Crippen LogP contribution in [-0.2, 0) is 14.4 Å². The van der Waals surface area contributed by atoms with Gasteiger partial charge >= 0.3 is 0 Å². The van der Waals surface area contributed by atoms with E-state index >= 15 is 0 Å². The molecule has 198 valence electrons. The molecule has 0 aromatic heterocycles.